The molecule has 0 unspecified atom stereocenters. The van der Waals surface area contributed by atoms with Crippen molar-refractivity contribution in [3.8, 4) is 17.4 Å². The fourth-order valence-electron chi connectivity index (χ4n) is 2.41. The van der Waals surface area contributed by atoms with Crippen LogP contribution in [0.1, 0.15) is 23.7 Å². The average Bonchev–Trinajstić information content (AvgIpc) is 2.66. The molecule has 0 aliphatic heterocycles. The van der Waals surface area contributed by atoms with Crippen LogP contribution in [0.4, 0.5) is 18.9 Å². The summed E-state index contributed by atoms with van der Waals surface area (Å²) in [6.45, 7) is 0.786. The molecule has 0 saturated carbocycles. The number of nitro benzene ring substituents is 1. The summed E-state index contributed by atoms with van der Waals surface area (Å²) in [6, 6.07) is 5.12. The first-order chi connectivity index (χ1) is 13.6. The maximum absolute atomic E-state index is 13.3. The zero-order valence-electron chi connectivity index (χ0n) is 15.2. The molecule has 29 heavy (non-hydrogen) atoms. The largest absolute Gasteiger partial charge is 0.488 e. The number of carbonyl (C=O) groups excluding carboxylic acids is 1. The molecule has 156 valence electrons. The monoisotopic (exact) mass is 433 g/mol. The third kappa shape index (κ3) is 4.86. The fourth-order valence-corrected chi connectivity index (χ4v) is 2.67. The number of halogens is 4. The Hall–Kier alpha value is -3.08. The number of alkyl halides is 3. The van der Waals surface area contributed by atoms with E-state index in [0.717, 1.165) is 7.11 Å². The van der Waals surface area contributed by atoms with Crippen LogP contribution in [-0.2, 0) is 0 Å². The second-order valence-corrected chi connectivity index (χ2v) is 5.95. The molecule has 0 bridgehead atoms. The highest BCUT2D eigenvalue weighted by Crippen LogP contribution is 2.46. The molecule has 0 atom stereocenters. The Morgan fingerprint density at radius 1 is 1.34 bits per heavy atom. The van der Waals surface area contributed by atoms with Gasteiger partial charge in [-0.15, -0.1) is 13.2 Å². The lowest BCUT2D eigenvalue weighted by Crippen LogP contribution is -2.43. The molecule has 0 aliphatic carbocycles. The second kappa shape index (κ2) is 8.95. The fraction of sp³-hybridized carbons (Fsp3) is 0.294. The predicted octanol–water partition coefficient (Wildman–Crippen LogP) is 4.82. The van der Waals surface area contributed by atoms with E-state index >= 15 is 0 Å². The molecule has 12 heteroatoms. The number of amides is 1. The topological polar surface area (TPSA) is 94.8 Å². The number of aromatic nitrogens is 1. The van der Waals surface area contributed by atoms with Crippen LogP contribution < -0.4 is 9.47 Å². The van der Waals surface area contributed by atoms with E-state index in [2.05, 4.69) is 4.98 Å². The van der Waals surface area contributed by atoms with E-state index in [9.17, 15) is 28.1 Å². The van der Waals surface area contributed by atoms with Crippen LogP contribution in [0.15, 0.2) is 30.5 Å². The molecule has 0 aliphatic rings. The smallest absolute Gasteiger partial charge is 0.487 e. The Morgan fingerprint density at radius 3 is 2.52 bits per heavy atom. The van der Waals surface area contributed by atoms with Gasteiger partial charge in [-0.2, -0.15) is 0 Å². The number of carbonyl (C=O) groups is 1. The van der Waals surface area contributed by atoms with Crippen molar-refractivity contribution in [1.82, 2.24) is 9.88 Å². The van der Waals surface area contributed by atoms with Crippen molar-refractivity contribution >= 4 is 23.2 Å². The lowest BCUT2D eigenvalue weighted by atomic mass is 10.1. The quantitative estimate of drug-likeness (QED) is 0.353. The standard InChI is InChI=1S/C17H15ClF3N3O5/c1-3-8-23(17(19,20)21)16(25)10-9-11(24(26)27)14(28-2)15(13(10)18)29-12-6-4-5-7-22-12/h4-7,9H,3,8H2,1-2H3. The van der Waals surface area contributed by atoms with Gasteiger partial charge in [0.1, 0.15) is 5.02 Å². The predicted molar refractivity (Wildman–Crippen MR) is 96.4 cm³/mol. The summed E-state index contributed by atoms with van der Waals surface area (Å²) in [5.74, 6) is -2.57. The molecular weight excluding hydrogens is 419 g/mol. The number of methoxy groups -OCH3 is 1. The number of ether oxygens (including phenoxy) is 2. The van der Waals surface area contributed by atoms with Crippen molar-refractivity contribution in [2.24, 2.45) is 0 Å². The summed E-state index contributed by atoms with van der Waals surface area (Å²) in [7, 11) is 1.09. The molecule has 1 aromatic carbocycles. The minimum Gasteiger partial charge on any atom is -0.488 e. The number of nitrogens with zero attached hydrogens (tertiary/aromatic N) is 3. The first-order valence-electron chi connectivity index (χ1n) is 8.14. The molecule has 0 N–H and O–H groups in total. The van der Waals surface area contributed by atoms with Crippen LogP contribution in [0.5, 0.6) is 17.4 Å². The molecule has 0 fully saturated rings. The van der Waals surface area contributed by atoms with Crippen LogP contribution >= 0.6 is 11.6 Å². The van der Waals surface area contributed by atoms with Gasteiger partial charge < -0.3 is 9.47 Å². The van der Waals surface area contributed by atoms with Crippen molar-refractivity contribution in [2.45, 2.75) is 19.6 Å². The molecule has 0 spiro atoms. The van der Waals surface area contributed by atoms with Gasteiger partial charge in [-0.3, -0.25) is 14.9 Å². The van der Waals surface area contributed by atoms with E-state index < -0.39 is 51.4 Å². The summed E-state index contributed by atoms with van der Waals surface area (Å²) >= 11 is 6.14. The van der Waals surface area contributed by atoms with Crippen LogP contribution in [-0.4, -0.2) is 40.7 Å². The molecule has 2 aromatic rings. The van der Waals surface area contributed by atoms with Crippen LogP contribution in [0, 0.1) is 10.1 Å². The van der Waals surface area contributed by atoms with E-state index in [0.29, 0.717) is 6.07 Å². The molecule has 1 amide bonds. The number of pyridine rings is 1. The SMILES string of the molecule is CCCN(C(=O)c1cc([N+](=O)[O-])c(OC)c(Oc2ccccn2)c1Cl)C(F)(F)F. The van der Waals surface area contributed by atoms with Gasteiger partial charge in [-0.1, -0.05) is 24.6 Å². The summed E-state index contributed by atoms with van der Waals surface area (Å²) in [4.78, 5) is 26.6. The Balaban J connectivity index is 2.69. The zero-order chi connectivity index (χ0) is 21.8. The van der Waals surface area contributed by atoms with E-state index in [-0.39, 0.29) is 17.2 Å². The molecule has 1 aromatic heterocycles. The summed E-state index contributed by atoms with van der Waals surface area (Å²) in [5, 5.41) is 10.9. The van der Waals surface area contributed by atoms with Crippen molar-refractivity contribution in [2.75, 3.05) is 13.7 Å². The van der Waals surface area contributed by atoms with Gasteiger partial charge in [0.2, 0.25) is 11.6 Å². The van der Waals surface area contributed by atoms with Gasteiger partial charge in [0.25, 0.3) is 5.91 Å². The van der Waals surface area contributed by atoms with Crippen molar-refractivity contribution in [1.29, 1.82) is 0 Å². The highest BCUT2D eigenvalue weighted by molar-refractivity contribution is 6.35. The van der Waals surface area contributed by atoms with E-state index in [4.69, 9.17) is 21.1 Å². The molecule has 8 nitrogen and oxygen atoms in total. The minimum absolute atomic E-state index is 0.00158. The van der Waals surface area contributed by atoms with E-state index in [1.807, 2.05) is 0 Å². The van der Waals surface area contributed by atoms with Crippen LogP contribution in [0.25, 0.3) is 0 Å². The van der Waals surface area contributed by atoms with Crippen molar-refractivity contribution in [3.63, 3.8) is 0 Å². The molecule has 1 heterocycles. The number of benzene rings is 1. The highest BCUT2D eigenvalue weighted by Gasteiger charge is 2.42. The van der Waals surface area contributed by atoms with Gasteiger partial charge in [0.15, 0.2) is 5.75 Å². The third-order valence-electron chi connectivity index (χ3n) is 3.63. The highest BCUT2D eigenvalue weighted by atomic mass is 35.5. The Kier molecular flexibility index (Phi) is 6.85. The van der Waals surface area contributed by atoms with E-state index in [1.165, 1.54) is 19.2 Å². The van der Waals surface area contributed by atoms with Crippen LogP contribution in [0.2, 0.25) is 5.02 Å². The maximum Gasteiger partial charge on any atom is 0.487 e. The van der Waals surface area contributed by atoms with E-state index in [1.54, 1.807) is 12.1 Å². The summed E-state index contributed by atoms with van der Waals surface area (Å²) < 4.78 is 50.3. The molecule has 2 rings (SSSR count). The molecule has 0 radical (unpaired) electrons. The first-order valence-corrected chi connectivity index (χ1v) is 8.52. The number of nitro groups is 1. The maximum atomic E-state index is 13.3. The molecule has 0 saturated heterocycles. The van der Waals surface area contributed by atoms with Gasteiger partial charge in [0, 0.05) is 24.9 Å². The van der Waals surface area contributed by atoms with Crippen molar-refractivity contribution in [3.05, 3.63) is 51.2 Å². The lowest BCUT2D eigenvalue weighted by molar-refractivity contribution is -0.385. The third-order valence-corrected chi connectivity index (χ3v) is 4.01. The molecular formula is C17H15ClF3N3O5. The number of rotatable bonds is 7. The second-order valence-electron chi connectivity index (χ2n) is 5.57. The minimum atomic E-state index is -5.01. The average molecular weight is 434 g/mol. The first kappa shape index (κ1) is 22.2. The number of hydrogen-bond acceptors (Lipinski definition) is 6. The normalized spacial score (nSPS) is 11.1. The summed E-state index contributed by atoms with van der Waals surface area (Å²) in [6.07, 6.45) is -3.66. The van der Waals surface area contributed by atoms with Gasteiger partial charge >= 0.3 is 12.0 Å². The summed E-state index contributed by atoms with van der Waals surface area (Å²) in [5.41, 5.74) is -1.54. The van der Waals surface area contributed by atoms with Gasteiger partial charge in [-0.05, 0) is 12.5 Å². The Labute approximate surface area is 167 Å². The van der Waals surface area contributed by atoms with Crippen molar-refractivity contribution < 1.29 is 32.4 Å². The van der Waals surface area contributed by atoms with Gasteiger partial charge in [0.05, 0.1) is 17.6 Å². The number of hydrogen-bond donors (Lipinski definition) is 0. The zero-order valence-corrected chi connectivity index (χ0v) is 16.0. The van der Waals surface area contributed by atoms with Gasteiger partial charge in [-0.25, -0.2) is 9.88 Å². The Morgan fingerprint density at radius 2 is 2.03 bits per heavy atom. The Bertz CT molecular complexity index is 909. The lowest BCUT2D eigenvalue weighted by Gasteiger charge is -2.25. The van der Waals surface area contributed by atoms with Crippen LogP contribution in [0.3, 0.4) is 0 Å².